The summed E-state index contributed by atoms with van der Waals surface area (Å²) in [6, 6.07) is 10.0. The number of amides is 1. The molecule has 1 saturated carbocycles. The van der Waals surface area contributed by atoms with Crippen LogP contribution >= 0.6 is 0 Å². The van der Waals surface area contributed by atoms with Gasteiger partial charge in [-0.25, -0.2) is 9.97 Å². The van der Waals surface area contributed by atoms with E-state index < -0.39 is 0 Å². The van der Waals surface area contributed by atoms with E-state index in [1.807, 2.05) is 24.3 Å². The highest BCUT2D eigenvalue weighted by Gasteiger charge is 2.16. The van der Waals surface area contributed by atoms with Crippen LogP contribution < -0.4 is 10.6 Å². The second-order valence-corrected chi connectivity index (χ2v) is 5.92. The lowest BCUT2D eigenvalue weighted by Crippen LogP contribution is -2.18. The molecular formula is C18H22N4O. The van der Waals surface area contributed by atoms with Crippen molar-refractivity contribution in [2.45, 2.75) is 45.1 Å². The zero-order chi connectivity index (χ0) is 16.1. The van der Waals surface area contributed by atoms with E-state index in [2.05, 4.69) is 27.5 Å². The summed E-state index contributed by atoms with van der Waals surface area (Å²) in [6.07, 6.45) is 7.25. The molecule has 5 nitrogen and oxygen atoms in total. The molecule has 2 aromatic rings. The molecule has 2 N–H and O–H groups in total. The third-order valence-electron chi connectivity index (χ3n) is 4.23. The van der Waals surface area contributed by atoms with E-state index in [9.17, 15) is 4.79 Å². The van der Waals surface area contributed by atoms with Crippen LogP contribution in [-0.4, -0.2) is 21.9 Å². The predicted molar refractivity (Wildman–Crippen MR) is 91.7 cm³/mol. The molecule has 1 aromatic carbocycles. The van der Waals surface area contributed by atoms with Gasteiger partial charge in [0.2, 0.25) is 0 Å². The Bertz CT molecular complexity index is 663. The molecule has 0 unspecified atom stereocenters. The maximum Gasteiger partial charge on any atom is 0.274 e. The predicted octanol–water partition coefficient (Wildman–Crippen LogP) is 3.65. The molecule has 3 rings (SSSR count). The fraction of sp³-hybridized carbons (Fsp3) is 0.389. The molecule has 0 bridgehead atoms. The molecule has 1 amide bonds. The summed E-state index contributed by atoms with van der Waals surface area (Å²) >= 11 is 0. The van der Waals surface area contributed by atoms with E-state index in [4.69, 9.17) is 0 Å². The first-order chi connectivity index (χ1) is 11.2. The Kier molecular flexibility index (Phi) is 4.86. The molecule has 0 atom stereocenters. The van der Waals surface area contributed by atoms with Crippen LogP contribution in [0.4, 0.5) is 11.5 Å². The number of anilines is 2. The number of aromatic nitrogens is 2. The van der Waals surface area contributed by atoms with Gasteiger partial charge in [0.05, 0.1) is 0 Å². The van der Waals surface area contributed by atoms with Gasteiger partial charge < -0.3 is 10.6 Å². The second-order valence-electron chi connectivity index (χ2n) is 5.92. The van der Waals surface area contributed by atoms with Crippen LogP contribution in [0.15, 0.2) is 36.7 Å². The summed E-state index contributed by atoms with van der Waals surface area (Å²) in [6.45, 7) is 2.10. The van der Waals surface area contributed by atoms with E-state index >= 15 is 0 Å². The molecule has 1 fully saturated rings. The quantitative estimate of drug-likeness (QED) is 0.884. The van der Waals surface area contributed by atoms with Crippen LogP contribution in [0.1, 0.15) is 48.7 Å². The number of nitrogens with one attached hydrogen (secondary N) is 2. The molecule has 1 aliphatic carbocycles. The molecule has 0 aliphatic heterocycles. The monoisotopic (exact) mass is 310 g/mol. The van der Waals surface area contributed by atoms with Crippen LogP contribution in [0.3, 0.4) is 0 Å². The summed E-state index contributed by atoms with van der Waals surface area (Å²) in [7, 11) is 0. The Morgan fingerprint density at radius 1 is 1.17 bits per heavy atom. The van der Waals surface area contributed by atoms with E-state index in [1.165, 1.54) is 24.7 Å². The number of hydrogen-bond acceptors (Lipinski definition) is 4. The summed E-state index contributed by atoms with van der Waals surface area (Å²) in [4.78, 5) is 20.6. The van der Waals surface area contributed by atoms with Crippen LogP contribution in [0.5, 0.6) is 0 Å². The molecular weight excluding hydrogens is 288 g/mol. The van der Waals surface area contributed by atoms with Crippen molar-refractivity contribution in [3.8, 4) is 0 Å². The first kappa shape index (κ1) is 15.5. The normalized spacial score (nSPS) is 14.7. The molecule has 1 aromatic heterocycles. The average molecular weight is 310 g/mol. The zero-order valence-corrected chi connectivity index (χ0v) is 13.4. The van der Waals surface area contributed by atoms with Gasteiger partial charge in [0.25, 0.3) is 5.91 Å². The minimum Gasteiger partial charge on any atom is -0.367 e. The van der Waals surface area contributed by atoms with E-state index in [1.54, 1.807) is 6.07 Å². The lowest BCUT2D eigenvalue weighted by atomic mass is 10.1. The van der Waals surface area contributed by atoms with Gasteiger partial charge in [-0.15, -0.1) is 0 Å². The first-order valence-electron chi connectivity index (χ1n) is 8.23. The van der Waals surface area contributed by atoms with Gasteiger partial charge in [-0.05, 0) is 37.0 Å². The fourth-order valence-corrected chi connectivity index (χ4v) is 2.86. The summed E-state index contributed by atoms with van der Waals surface area (Å²) in [5, 5.41) is 6.26. The Morgan fingerprint density at radius 3 is 2.61 bits per heavy atom. The third kappa shape index (κ3) is 4.06. The Hall–Kier alpha value is -2.43. The van der Waals surface area contributed by atoms with Crippen molar-refractivity contribution in [3.05, 3.63) is 47.9 Å². The minimum atomic E-state index is -0.217. The number of benzene rings is 1. The molecule has 1 heterocycles. The van der Waals surface area contributed by atoms with Crippen molar-refractivity contribution in [3.63, 3.8) is 0 Å². The van der Waals surface area contributed by atoms with Gasteiger partial charge in [0, 0.05) is 17.8 Å². The largest absolute Gasteiger partial charge is 0.367 e. The number of carbonyl (C=O) groups is 1. The average Bonchev–Trinajstić information content (AvgIpc) is 3.09. The van der Waals surface area contributed by atoms with Gasteiger partial charge >= 0.3 is 0 Å². The van der Waals surface area contributed by atoms with Crippen molar-refractivity contribution in [1.82, 2.24) is 9.97 Å². The topological polar surface area (TPSA) is 66.9 Å². The Balaban J connectivity index is 1.66. The van der Waals surface area contributed by atoms with E-state index in [-0.39, 0.29) is 5.91 Å². The second kappa shape index (κ2) is 7.22. The van der Waals surface area contributed by atoms with Gasteiger partial charge in [0.15, 0.2) is 0 Å². The number of aryl methyl sites for hydroxylation is 1. The van der Waals surface area contributed by atoms with Crippen LogP contribution in [0.2, 0.25) is 0 Å². The highest BCUT2D eigenvalue weighted by molar-refractivity contribution is 6.03. The first-order valence-corrected chi connectivity index (χ1v) is 8.23. The van der Waals surface area contributed by atoms with E-state index in [0.29, 0.717) is 11.7 Å². The number of hydrogen-bond donors (Lipinski definition) is 2. The van der Waals surface area contributed by atoms with E-state index in [0.717, 1.165) is 30.8 Å². The SMILES string of the molecule is CCc1ccc(NC(=O)c2cc(NC3CCCC3)ncn2)cc1. The van der Waals surface area contributed by atoms with Crippen LogP contribution in [0, 0.1) is 0 Å². The lowest BCUT2D eigenvalue weighted by molar-refractivity contribution is 0.102. The zero-order valence-electron chi connectivity index (χ0n) is 13.4. The van der Waals surface area contributed by atoms with Gasteiger partial charge in [0.1, 0.15) is 17.8 Å². The summed E-state index contributed by atoms with van der Waals surface area (Å²) < 4.78 is 0. The molecule has 0 saturated heterocycles. The molecule has 1 aliphatic rings. The minimum absolute atomic E-state index is 0.217. The van der Waals surface area contributed by atoms with Crippen molar-refractivity contribution in [1.29, 1.82) is 0 Å². The summed E-state index contributed by atoms with van der Waals surface area (Å²) in [5.74, 6) is 0.504. The number of nitrogens with zero attached hydrogens (tertiary/aromatic N) is 2. The molecule has 0 spiro atoms. The smallest absolute Gasteiger partial charge is 0.274 e. The summed E-state index contributed by atoms with van der Waals surface area (Å²) in [5.41, 5.74) is 2.39. The highest BCUT2D eigenvalue weighted by atomic mass is 16.1. The van der Waals surface area contributed by atoms with Crippen molar-refractivity contribution in [2.75, 3.05) is 10.6 Å². The molecule has 0 radical (unpaired) electrons. The Morgan fingerprint density at radius 2 is 1.91 bits per heavy atom. The van der Waals surface area contributed by atoms with Gasteiger partial charge in [-0.1, -0.05) is 31.9 Å². The molecule has 23 heavy (non-hydrogen) atoms. The molecule has 120 valence electrons. The van der Waals surface area contributed by atoms with Gasteiger partial charge in [-0.3, -0.25) is 4.79 Å². The Labute approximate surface area is 136 Å². The van der Waals surface area contributed by atoms with Crippen molar-refractivity contribution < 1.29 is 4.79 Å². The maximum absolute atomic E-state index is 12.3. The standard InChI is InChI=1S/C18H22N4O/c1-2-13-7-9-15(10-8-13)22-18(23)16-11-17(20-12-19-16)21-14-5-3-4-6-14/h7-12,14H,2-6H2,1H3,(H,22,23)(H,19,20,21). The number of rotatable bonds is 5. The lowest BCUT2D eigenvalue weighted by Gasteiger charge is -2.12. The highest BCUT2D eigenvalue weighted by Crippen LogP contribution is 2.21. The van der Waals surface area contributed by atoms with Crippen molar-refractivity contribution in [2.24, 2.45) is 0 Å². The third-order valence-corrected chi connectivity index (χ3v) is 4.23. The van der Waals surface area contributed by atoms with Crippen LogP contribution in [0.25, 0.3) is 0 Å². The van der Waals surface area contributed by atoms with Crippen LogP contribution in [-0.2, 0) is 6.42 Å². The number of carbonyl (C=O) groups excluding carboxylic acids is 1. The van der Waals surface area contributed by atoms with Gasteiger partial charge in [-0.2, -0.15) is 0 Å². The molecule has 5 heteroatoms. The van der Waals surface area contributed by atoms with Crippen molar-refractivity contribution >= 4 is 17.4 Å². The maximum atomic E-state index is 12.3. The fourth-order valence-electron chi connectivity index (χ4n) is 2.86.